The summed E-state index contributed by atoms with van der Waals surface area (Å²) in [7, 11) is 0. The van der Waals surface area contributed by atoms with Crippen LogP contribution in [0.4, 0.5) is 5.69 Å². The van der Waals surface area contributed by atoms with Crippen molar-refractivity contribution in [1.82, 2.24) is 0 Å². The van der Waals surface area contributed by atoms with Gasteiger partial charge in [-0.15, -0.1) is 0 Å². The summed E-state index contributed by atoms with van der Waals surface area (Å²) >= 11 is 0. The molecule has 3 heteroatoms. The van der Waals surface area contributed by atoms with Crippen LogP contribution in [0.5, 0.6) is 0 Å². The molecule has 0 saturated heterocycles. The molecule has 3 aromatic rings. The van der Waals surface area contributed by atoms with E-state index in [1.54, 1.807) is 18.4 Å². The summed E-state index contributed by atoms with van der Waals surface area (Å²) in [6, 6.07) is 14.7. The zero-order valence-electron chi connectivity index (χ0n) is 9.46. The SMILES string of the molecule is [C-]#[N+]c1ccc(-c2ccc(-c3ccco3)o2)cc1. The predicted octanol–water partition coefficient (Wildman–Crippen LogP) is 4.76. The van der Waals surface area contributed by atoms with Gasteiger partial charge in [0, 0.05) is 5.56 Å². The highest BCUT2D eigenvalue weighted by atomic mass is 16.4. The van der Waals surface area contributed by atoms with Crippen molar-refractivity contribution < 1.29 is 8.83 Å². The van der Waals surface area contributed by atoms with Crippen LogP contribution in [0.2, 0.25) is 0 Å². The van der Waals surface area contributed by atoms with Crippen LogP contribution in [0.15, 0.2) is 63.6 Å². The quantitative estimate of drug-likeness (QED) is 0.599. The smallest absolute Gasteiger partial charge is 0.187 e. The Labute approximate surface area is 104 Å². The highest BCUT2D eigenvalue weighted by molar-refractivity contribution is 5.64. The van der Waals surface area contributed by atoms with E-state index in [1.165, 1.54) is 0 Å². The Morgan fingerprint density at radius 3 is 2.28 bits per heavy atom. The van der Waals surface area contributed by atoms with Gasteiger partial charge in [0.05, 0.1) is 12.8 Å². The molecular weight excluding hydrogens is 226 g/mol. The third kappa shape index (κ3) is 1.80. The molecule has 3 nitrogen and oxygen atoms in total. The zero-order chi connectivity index (χ0) is 12.4. The molecule has 18 heavy (non-hydrogen) atoms. The van der Waals surface area contributed by atoms with Gasteiger partial charge in [-0.1, -0.05) is 24.3 Å². The number of hydrogen-bond donors (Lipinski definition) is 0. The van der Waals surface area contributed by atoms with Crippen molar-refractivity contribution in [1.29, 1.82) is 0 Å². The molecule has 0 fully saturated rings. The highest BCUT2D eigenvalue weighted by Gasteiger charge is 2.08. The van der Waals surface area contributed by atoms with Gasteiger partial charge in [0.1, 0.15) is 5.76 Å². The van der Waals surface area contributed by atoms with Crippen LogP contribution in [0.1, 0.15) is 0 Å². The molecule has 0 aliphatic carbocycles. The van der Waals surface area contributed by atoms with Crippen molar-refractivity contribution in [2.45, 2.75) is 0 Å². The highest BCUT2D eigenvalue weighted by Crippen LogP contribution is 2.29. The molecule has 2 aromatic heterocycles. The maximum absolute atomic E-state index is 6.91. The first-order valence-corrected chi connectivity index (χ1v) is 5.48. The van der Waals surface area contributed by atoms with Crippen LogP contribution in [0.25, 0.3) is 27.7 Å². The molecule has 1 aromatic carbocycles. The molecule has 2 heterocycles. The first-order chi connectivity index (χ1) is 8.86. The Balaban J connectivity index is 1.95. The second kappa shape index (κ2) is 4.27. The number of benzene rings is 1. The van der Waals surface area contributed by atoms with Crippen molar-refractivity contribution in [3.05, 3.63) is 66.2 Å². The average Bonchev–Trinajstić information content (AvgIpc) is 3.09. The Morgan fingerprint density at radius 2 is 1.61 bits per heavy atom. The van der Waals surface area contributed by atoms with Gasteiger partial charge in [-0.05, 0) is 24.3 Å². The fourth-order valence-electron chi connectivity index (χ4n) is 1.74. The van der Waals surface area contributed by atoms with E-state index < -0.39 is 0 Å². The van der Waals surface area contributed by atoms with E-state index >= 15 is 0 Å². The number of furan rings is 2. The van der Waals surface area contributed by atoms with Crippen molar-refractivity contribution in [2.24, 2.45) is 0 Å². The van der Waals surface area contributed by atoms with E-state index in [2.05, 4.69) is 4.85 Å². The first kappa shape index (κ1) is 10.4. The molecule has 0 spiro atoms. The van der Waals surface area contributed by atoms with Crippen molar-refractivity contribution >= 4 is 5.69 Å². The summed E-state index contributed by atoms with van der Waals surface area (Å²) in [5.74, 6) is 2.17. The Kier molecular flexibility index (Phi) is 2.47. The van der Waals surface area contributed by atoms with Crippen molar-refractivity contribution in [3.63, 3.8) is 0 Å². The standard InChI is InChI=1S/C15H9NO2/c1-16-12-6-4-11(5-7-12)13-8-9-15(18-13)14-3-2-10-17-14/h2-10H. The van der Waals surface area contributed by atoms with Crippen LogP contribution in [0.3, 0.4) is 0 Å². The van der Waals surface area contributed by atoms with Crippen LogP contribution >= 0.6 is 0 Å². The molecule has 0 unspecified atom stereocenters. The number of hydrogen-bond acceptors (Lipinski definition) is 2. The third-order valence-corrected chi connectivity index (χ3v) is 2.65. The van der Waals surface area contributed by atoms with E-state index in [0.717, 1.165) is 11.3 Å². The zero-order valence-corrected chi connectivity index (χ0v) is 9.46. The minimum Gasteiger partial charge on any atom is -0.461 e. The van der Waals surface area contributed by atoms with E-state index in [-0.39, 0.29) is 0 Å². The second-order valence-corrected chi connectivity index (χ2v) is 3.80. The maximum Gasteiger partial charge on any atom is 0.187 e. The lowest BCUT2D eigenvalue weighted by molar-refractivity contribution is 0.531. The predicted molar refractivity (Wildman–Crippen MR) is 68.1 cm³/mol. The summed E-state index contributed by atoms with van der Waals surface area (Å²) < 4.78 is 11.0. The van der Waals surface area contributed by atoms with Gasteiger partial charge in [-0.25, -0.2) is 4.85 Å². The molecule has 3 rings (SSSR count). The summed E-state index contributed by atoms with van der Waals surface area (Å²) in [6.45, 7) is 6.91. The Hall–Kier alpha value is -2.73. The van der Waals surface area contributed by atoms with Gasteiger partial charge in [-0.2, -0.15) is 0 Å². The molecule has 0 saturated carbocycles. The third-order valence-electron chi connectivity index (χ3n) is 2.65. The maximum atomic E-state index is 6.91. The van der Waals surface area contributed by atoms with E-state index in [0.29, 0.717) is 17.2 Å². The Bertz CT molecular complexity index is 685. The average molecular weight is 235 g/mol. The summed E-state index contributed by atoms with van der Waals surface area (Å²) in [4.78, 5) is 3.36. The van der Waals surface area contributed by atoms with E-state index in [9.17, 15) is 0 Å². The van der Waals surface area contributed by atoms with Crippen LogP contribution in [-0.2, 0) is 0 Å². The summed E-state index contributed by atoms with van der Waals surface area (Å²) in [5.41, 5.74) is 1.57. The fraction of sp³-hybridized carbons (Fsp3) is 0. The molecule has 0 bridgehead atoms. The van der Waals surface area contributed by atoms with E-state index in [1.807, 2.05) is 36.4 Å². The van der Waals surface area contributed by atoms with Crippen LogP contribution < -0.4 is 0 Å². The number of rotatable bonds is 2. The topological polar surface area (TPSA) is 30.6 Å². The lowest BCUT2D eigenvalue weighted by Gasteiger charge is -1.96. The van der Waals surface area contributed by atoms with E-state index in [4.69, 9.17) is 15.4 Å². The minimum absolute atomic E-state index is 0.622. The molecule has 0 N–H and O–H groups in total. The number of nitrogens with zero attached hydrogens (tertiary/aromatic N) is 1. The first-order valence-electron chi connectivity index (χ1n) is 5.48. The summed E-state index contributed by atoms with van der Waals surface area (Å²) in [6.07, 6.45) is 1.61. The molecule has 0 amide bonds. The van der Waals surface area contributed by atoms with Crippen molar-refractivity contribution in [2.75, 3.05) is 0 Å². The van der Waals surface area contributed by atoms with Gasteiger partial charge in [-0.3, -0.25) is 0 Å². The normalized spacial score (nSPS) is 10.2. The lowest BCUT2D eigenvalue weighted by Crippen LogP contribution is -1.71. The van der Waals surface area contributed by atoms with Gasteiger partial charge in [0.15, 0.2) is 17.2 Å². The molecule has 0 aliphatic rings. The molecule has 0 radical (unpaired) electrons. The molecular formula is C15H9NO2. The summed E-state index contributed by atoms with van der Waals surface area (Å²) in [5, 5.41) is 0. The molecule has 86 valence electrons. The fourth-order valence-corrected chi connectivity index (χ4v) is 1.74. The van der Waals surface area contributed by atoms with Crippen LogP contribution in [-0.4, -0.2) is 0 Å². The molecule has 0 atom stereocenters. The minimum atomic E-state index is 0.622. The lowest BCUT2D eigenvalue weighted by atomic mass is 10.1. The van der Waals surface area contributed by atoms with Gasteiger partial charge < -0.3 is 8.83 Å². The van der Waals surface area contributed by atoms with Gasteiger partial charge >= 0.3 is 0 Å². The Morgan fingerprint density at radius 1 is 0.833 bits per heavy atom. The van der Waals surface area contributed by atoms with Gasteiger partial charge in [0.2, 0.25) is 0 Å². The second-order valence-electron chi connectivity index (χ2n) is 3.80. The van der Waals surface area contributed by atoms with Gasteiger partial charge in [0.25, 0.3) is 0 Å². The monoisotopic (exact) mass is 235 g/mol. The van der Waals surface area contributed by atoms with Crippen molar-refractivity contribution in [3.8, 4) is 22.8 Å². The largest absolute Gasteiger partial charge is 0.461 e. The van der Waals surface area contributed by atoms with Crippen LogP contribution in [0, 0.1) is 6.57 Å². The molecule has 0 aliphatic heterocycles.